The second kappa shape index (κ2) is 7.14. The molecule has 132 valence electrons. The number of pyridine rings is 1. The minimum Gasteiger partial charge on any atom is -0.439 e. The standard InChI is InChI=1S/C20H17FN2O3/c21-17-6-2-5-15(8-17)19-18(23-20(24)26-19)16-7-13(9-22-10-16)3-1-4-14-11-25-12-14/h2,5-10,14,18-19H,4,11-12H2,(H,23,24)/t18-,19-/m1/s1. The molecule has 0 saturated carbocycles. The molecule has 5 nitrogen and oxygen atoms in total. The van der Waals surface area contributed by atoms with E-state index in [2.05, 4.69) is 22.1 Å². The lowest BCUT2D eigenvalue weighted by molar-refractivity contribution is -0.0289. The fraction of sp³-hybridized carbons (Fsp3) is 0.300. The summed E-state index contributed by atoms with van der Waals surface area (Å²) >= 11 is 0. The van der Waals surface area contributed by atoms with E-state index in [9.17, 15) is 9.18 Å². The van der Waals surface area contributed by atoms with Crippen molar-refractivity contribution in [2.45, 2.75) is 18.6 Å². The molecule has 1 aromatic carbocycles. The van der Waals surface area contributed by atoms with E-state index in [0.29, 0.717) is 11.5 Å². The van der Waals surface area contributed by atoms with Crippen LogP contribution in [0.5, 0.6) is 0 Å². The Kier molecular flexibility index (Phi) is 4.55. The van der Waals surface area contributed by atoms with E-state index in [4.69, 9.17) is 9.47 Å². The summed E-state index contributed by atoms with van der Waals surface area (Å²) in [6.45, 7) is 1.54. The van der Waals surface area contributed by atoms with E-state index < -0.39 is 18.2 Å². The second-order valence-electron chi connectivity index (χ2n) is 6.42. The van der Waals surface area contributed by atoms with Crippen LogP contribution in [0.4, 0.5) is 9.18 Å². The van der Waals surface area contributed by atoms with Crippen LogP contribution in [-0.4, -0.2) is 24.3 Å². The van der Waals surface area contributed by atoms with Crippen molar-refractivity contribution in [2.24, 2.45) is 5.92 Å². The number of aromatic nitrogens is 1. The van der Waals surface area contributed by atoms with Gasteiger partial charge in [-0.3, -0.25) is 4.98 Å². The largest absolute Gasteiger partial charge is 0.439 e. The number of nitrogens with zero attached hydrogens (tertiary/aromatic N) is 1. The highest BCUT2D eigenvalue weighted by Crippen LogP contribution is 2.36. The molecule has 1 amide bonds. The summed E-state index contributed by atoms with van der Waals surface area (Å²) in [5, 5.41) is 2.77. The first kappa shape index (κ1) is 16.6. The van der Waals surface area contributed by atoms with E-state index in [0.717, 1.165) is 30.8 Å². The van der Waals surface area contributed by atoms with Gasteiger partial charge in [0, 0.05) is 30.3 Å². The summed E-state index contributed by atoms with van der Waals surface area (Å²) in [6, 6.07) is 7.49. The number of carbonyl (C=O) groups is 1. The maximum Gasteiger partial charge on any atom is 0.408 e. The zero-order valence-electron chi connectivity index (χ0n) is 13.9. The summed E-state index contributed by atoms with van der Waals surface area (Å²) in [4.78, 5) is 16.0. The van der Waals surface area contributed by atoms with Gasteiger partial charge in [0.1, 0.15) is 11.9 Å². The molecule has 0 aliphatic carbocycles. The Morgan fingerprint density at radius 3 is 2.88 bits per heavy atom. The normalized spacial score (nSPS) is 22.0. The first-order valence-electron chi connectivity index (χ1n) is 8.43. The third-order valence-electron chi connectivity index (χ3n) is 4.44. The van der Waals surface area contributed by atoms with Gasteiger partial charge < -0.3 is 14.8 Å². The lowest BCUT2D eigenvalue weighted by atomic mass is 9.96. The molecule has 0 bridgehead atoms. The van der Waals surface area contributed by atoms with Crippen LogP contribution in [0.3, 0.4) is 0 Å². The van der Waals surface area contributed by atoms with Gasteiger partial charge >= 0.3 is 6.09 Å². The molecule has 2 aliphatic heterocycles. The molecule has 1 aromatic heterocycles. The molecule has 0 radical (unpaired) electrons. The Morgan fingerprint density at radius 2 is 2.12 bits per heavy atom. The van der Waals surface area contributed by atoms with Gasteiger partial charge in [-0.25, -0.2) is 9.18 Å². The predicted molar refractivity (Wildman–Crippen MR) is 91.5 cm³/mol. The number of ether oxygens (including phenoxy) is 2. The van der Waals surface area contributed by atoms with Gasteiger partial charge in [0.15, 0.2) is 6.10 Å². The maximum atomic E-state index is 13.5. The Labute approximate surface area is 150 Å². The molecule has 3 heterocycles. The van der Waals surface area contributed by atoms with Gasteiger partial charge in [-0.05, 0) is 29.3 Å². The van der Waals surface area contributed by atoms with E-state index in [-0.39, 0.29) is 5.82 Å². The summed E-state index contributed by atoms with van der Waals surface area (Å²) in [5.41, 5.74) is 2.13. The van der Waals surface area contributed by atoms with Crippen molar-refractivity contribution in [3.05, 3.63) is 65.2 Å². The summed E-state index contributed by atoms with van der Waals surface area (Å²) < 4.78 is 24.0. The fourth-order valence-corrected chi connectivity index (χ4v) is 3.02. The monoisotopic (exact) mass is 352 g/mol. The van der Waals surface area contributed by atoms with Crippen molar-refractivity contribution in [2.75, 3.05) is 13.2 Å². The average Bonchev–Trinajstić information content (AvgIpc) is 2.99. The third-order valence-corrected chi connectivity index (χ3v) is 4.44. The highest BCUT2D eigenvalue weighted by Gasteiger charge is 2.36. The number of cyclic esters (lactones) is 1. The van der Waals surface area contributed by atoms with Crippen molar-refractivity contribution in [1.29, 1.82) is 0 Å². The van der Waals surface area contributed by atoms with Crippen LogP contribution < -0.4 is 5.32 Å². The van der Waals surface area contributed by atoms with Gasteiger partial charge in [-0.1, -0.05) is 24.0 Å². The van der Waals surface area contributed by atoms with E-state index in [1.54, 1.807) is 24.5 Å². The highest BCUT2D eigenvalue weighted by atomic mass is 19.1. The first-order valence-corrected chi connectivity index (χ1v) is 8.43. The van der Waals surface area contributed by atoms with Gasteiger partial charge in [0.25, 0.3) is 0 Å². The smallest absolute Gasteiger partial charge is 0.408 e. The Hall–Kier alpha value is -2.91. The van der Waals surface area contributed by atoms with Gasteiger partial charge in [-0.2, -0.15) is 0 Å². The Balaban J connectivity index is 1.56. The van der Waals surface area contributed by atoms with Crippen LogP contribution in [-0.2, 0) is 9.47 Å². The molecule has 1 N–H and O–H groups in total. The molecule has 4 rings (SSSR count). The van der Waals surface area contributed by atoms with E-state index in [1.807, 2.05) is 6.07 Å². The number of nitrogens with one attached hydrogen (secondary N) is 1. The lowest BCUT2D eigenvalue weighted by Gasteiger charge is -2.23. The van der Waals surface area contributed by atoms with Crippen LogP contribution in [0.25, 0.3) is 0 Å². The van der Waals surface area contributed by atoms with Gasteiger partial charge in [-0.15, -0.1) is 0 Å². The molecule has 6 heteroatoms. The quantitative estimate of drug-likeness (QED) is 0.862. The minimum atomic E-state index is -0.615. The summed E-state index contributed by atoms with van der Waals surface area (Å²) in [5.74, 6) is 6.38. The van der Waals surface area contributed by atoms with E-state index in [1.165, 1.54) is 12.1 Å². The molecule has 2 saturated heterocycles. The highest BCUT2D eigenvalue weighted by molar-refractivity contribution is 5.71. The molecule has 0 unspecified atom stereocenters. The van der Waals surface area contributed by atoms with Crippen molar-refractivity contribution in [1.82, 2.24) is 10.3 Å². The van der Waals surface area contributed by atoms with Crippen LogP contribution in [0.15, 0.2) is 42.7 Å². The van der Waals surface area contributed by atoms with Crippen molar-refractivity contribution in [3.8, 4) is 11.8 Å². The lowest BCUT2D eigenvalue weighted by Crippen LogP contribution is -2.26. The molecule has 2 aliphatic rings. The van der Waals surface area contributed by atoms with Crippen LogP contribution >= 0.6 is 0 Å². The van der Waals surface area contributed by atoms with Crippen LogP contribution in [0.1, 0.15) is 35.3 Å². The Morgan fingerprint density at radius 1 is 1.23 bits per heavy atom. The zero-order valence-corrected chi connectivity index (χ0v) is 13.9. The number of benzene rings is 1. The van der Waals surface area contributed by atoms with Crippen molar-refractivity contribution in [3.63, 3.8) is 0 Å². The zero-order chi connectivity index (χ0) is 17.9. The number of hydrogen-bond donors (Lipinski definition) is 1. The van der Waals surface area contributed by atoms with Gasteiger partial charge in [0.2, 0.25) is 0 Å². The number of halogens is 1. The SMILES string of the molecule is O=C1N[C@H](c2cncc(C#CCC3COC3)c2)[C@@H](c2cccc(F)c2)O1. The summed E-state index contributed by atoms with van der Waals surface area (Å²) in [6.07, 6.45) is 2.99. The average molecular weight is 352 g/mol. The van der Waals surface area contributed by atoms with Crippen LogP contribution in [0, 0.1) is 23.6 Å². The first-order chi connectivity index (χ1) is 12.7. The number of amides is 1. The van der Waals surface area contributed by atoms with Crippen molar-refractivity contribution >= 4 is 6.09 Å². The number of hydrogen-bond acceptors (Lipinski definition) is 4. The second-order valence-corrected chi connectivity index (χ2v) is 6.42. The molecule has 2 fully saturated rings. The maximum absolute atomic E-state index is 13.5. The summed E-state index contributed by atoms with van der Waals surface area (Å²) in [7, 11) is 0. The molecular formula is C20H17FN2O3. The molecule has 2 aromatic rings. The van der Waals surface area contributed by atoms with Crippen molar-refractivity contribution < 1.29 is 18.7 Å². The predicted octanol–water partition coefficient (Wildman–Crippen LogP) is 3.13. The van der Waals surface area contributed by atoms with Crippen LogP contribution in [0.2, 0.25) is 0 Å². The molecule has 26 heavy (non-hydrogen) atoms. The van der Waals surface area contributed by atoms with Gasteiger partial charge in [0.05, 0.1) is 13.2 Å². The number of carbonyl (C=O) groups excluding carboxylic acids is 1. The molecular weight excluding hydrogens is 335 g/mol. The minimum absolute atomic E-state index is 0.373. The fourth-order valence-electron chi connectivity index (χ4n) is 3.02. The topological polar surface area (TPSA) is 60.5 Å². The Bertz CT molecular complexity index is 886. The molecule has 0 spiro atoms. The molecule has 2 atom stereocenters. The third kappa shape index (κ3) is 3.53. The van der Waals surface area contributed by atoms with E-state index >= 15 is 0 Å². The number of alkyl carbamates (subject to hydrolysis) is 1. The number of rotatable bonds is 3.